The van der Waals surface area contributed by atoms with Gasteiger partial charge < -0.3 is 5.11 Å². The van der Waals surface area contributed by atoms with E-state index in [1.165, 1.54) is 6.07 Å². The number of nitrogens with zero attached hydrogens (tertiary/aromatic N) is 1. The smallest absolute Gasteiger partial charge is 0.416 e. The number of amides is 1. The summed E-state index contributed by atoms with van der Waals surface area (Å²) in [5, 5.41) is 9.53. The molecule has 2 aromatic rings. The van der Waals surface area contributed by atoms with Crippen LogP contribution in [0.3, 0.4) is 0 Å². The summed E-state index contributed by atoms with van der Waals surface area (Å²) < 4.78 is 39.1. The predicted octanol–water partition coefficient (Wildman–Crippen LogP) is 6.22. The molecule has 0 spiro atoms. The molecule has 32 heavy (non-hydrogen) atoms. The number of hydrogen-bond acceptors (Lipinski definition) is 4. The first-order chi connectivity index (χ1) is 15.1. The third-order valence-corrected chi connectivity index (χ3v) is 6.31. The number of carbonyl (C=O) groups is 2. The summed E-state index contributed by atoms with van der Waals surface area (Å²) in [6, 6.07) is 10.8. The monoisotopic (exact) mass is 479 g/mol. The lowest BCUT2D eigenvalue weighted by Gasteiger charge is -2.22. The van der Waals surface area contributed by atoms with E-state index < -0.39 is 29.7 Å². The molecule has 0 radical (unpaired) electrons. The van der Waals surface area contributed by atoms with Gasteiger partial charge in [0.25, 0.3) is 5.91 Å². The zero-order valence-electron chi connectivity index (χ0n) is 17.1. The summed E-state index contributed by atoms with van der Waals surface area (Å²) in [5.74, 6) is -1.55. The van der Waals surface area contributed by atoms with Crippen LogP contribution < -0.4 is 0 Å². The highest BCUT2D eigenvalue weighted by Crippen LogP contribution is 2.36. The standard InChI is InChI=1S/C23H20F3NO3S2/c1-2-3-7-18(21(29)30)27-20(28)19(32-22(27)31)12-14-8-10-15(11-9-14)16-5-4-6-17(13-16)23(24,25)26/h4-6,8-13,18H,2-3,7H2,1H3,(H,29,30). The fourth-order valence-corrected chi connectivity index (χ4v) is 4.66. The highest BCUT2D eigenvalue weighted by Gasteiger charge is 2.40. The van der Waals surface area contributed by atoms with Crippen molar-refractivity contribution in [2.45, 2.75) is 38.4 Å². The molecule has 9 heteroatoms. The van der Waals surface area contributed by atoms with E-state index in [-0.39, 0.29) is 4.32 Å². The Kier molecular flexibility index (Phi) is 7.40. The molecular weight excluding hydrogens is 459 g/mol. The van der Waals surface area contributed by atoms with Gasteiger partial charge in [0.2, 0.25) is 0 Å². The topological polar surface area (TPSA) is 57.6 Å². The molecule has 4 nitrogen and oxygen atoms in total. The molecule has 1 saturated heterocycles. The lowest BCUT2D eigenvalue weighted by molar-refractivity contribution is -0.145. The van der Waals surface area contributed by atoms with Crippen molar-refractivity contribution >= 4 is 46.3 Å². The maximum atomic E-state index is 13.0. The molecule has 0 aromatic heterocycles. The van der Waals surface area contributed by atoms with Gasteiger partial charge in [-0.1, -0.05) is 80.1 Å². The molecule has 168 valence electrons. The van der Waals surface area contributed by atoms with Crippen LogP contribution in [0.2, 0.25) is 0 Å². The van der Waals surface area contributed by atoms with E-state index in [2.05, 4.69) is 0 Å². The number of hydrogen-bond donors (Lipinski definition) is 1. The molecule has 1 atom stereocenters. The van der Waals surface area contributed by atoms with Crippen molar-refractivity contribution in [1.29, 1.82) is 0 Å². The number of carboxylic acids is 1. The largest absolute Gasteiger partial charge is 0.480 e. The minimum Gasteiger partial charge on any atom is -0.480 e. The van der Waals surface area contributed by atoms with Crippen LogP contribution in [0, 0.1) is 0 Å². The van der Waals surface area contributed by atoms with Crippen molar-refractivity contribution < 1.29 is 27.9 Å². The molecule has 1 fully saturated rings. The van der Waals surface area contributed by atoms with Crippen molar-refractivity contribution in [1.82, 2.24) is 4.90 Å². The van der Waals surface area contributed by atoms with Crippen LogP contribution in [0.4, 0.5) is 13.2 Å². The van der Waals surface area contributed by atoms with Gasteiger partial charge in [-0.25, -0.2) is 4.79 Å². The van der Waals surface area contributed by atoms with Gasteiger partial charge in [0.15, 0.2) is 0 Å². The molecule has 2 aromatic carbocycles. The first-order valence-electron chi connectivity index (χ1n) is 9.89. The highest BCUT2D eigenvalue weighted by molar-refractivity contribution is 8.26. The maximum absolute atomic E-state index is 13.0. The molecule has 1 N–H and O–H groups in total. The van der Waals surface area contributed by atoms with Crippen molar-refractivity contribution in [2.24, 2.45) is 0 Å². The van der Waals surface area contributed by atoms with Gasteiger partial charge in [0.05, 0.1) is 10.5 Å². The first kappa shape index (κ1) is 24.0. The number of alkyl halides is 3. The third-order valence-electron chi connectivity index (χ3n) is 4.98. The minimum absolute atomic E-state index is 0.199. The van der Waals surface area contributed by atoms with Crippen LogP contribution in [-0.2, 0) is 15.8 Å². The van der Waals surface area contributed by atoms with E-state index >= 15 is 0 Å². The quantitative estimate of drug-likeness (QED) is 0.378. The molecule has 3 rings (SSSR count). The van der Waals surface area contributed by atoms with Gasteiger partial charge in [0.1, 0.15) is 10.4 Å². The second-order valence-corrected chi connectivity index (χ2v) is 8.92. The lowest BCUT2D eigenvalue weighted by atomic mass is 10.0. The summed E-state index contributed by atoms with van der Waals surface area (Å²) in [6.07, 6.45) is -1.04. The van der Waals surface area contributed by atoms with E-state index in [1.807, 2.05) is 6.92 Å². The fourth-order valence-electron chi connectivity index (χ4n) is 3.31. The van der Waals surface area contributed by atoms with Gasteiger partial charge in [0, 0.05) is 0 Å². The van der Waals surface area contributed by atoms with Gasteiger partial charge in [-0.15, -0.1) is 0 Å². The van der Waals surface area contributed by atoms with Crippen molar-refractivity contribution in [3.8, 4) is 11.1 Å². The Morgan fingerprint density at radius 3 is 2.47 bits per heavy atom. The van der Waals surface area contributed by atoms with Gasteiger partial charge in [-0.3, -0.25) is 9.69 Å². The van der Waals surface area contributed by atoms with Crippen molar-refractivity contribution in [2.75, 3.05) is 0 Å². The van der Waals surface area contributed by atoms with Crippen LogP contribution in [0.5, 0.6) is 0 Å². The second kappa shape index (κ2) is 9.87. The van der Waals surface area contributed by atoms with Gasteiger partial charge in [-0.05, 0) is 41.3 Å². The van der Waals surface area contributed by atoms with Crippen molar-refractivity contribution in [3.63, 3.8) is 0 Å². The Morgan fingerprint density at radius 2 is 1.88 bits per heavy atom. The molecule has 0 aliphatic carbocycles. The second-order valence-electron chi connectivity index (χ2n) is 7.25. The number of unbranched alkanes of at least 4 members (excludes halogenated alkanes) is 1. The summed E-state index contributed by atoms with van der Waals surface area (Å²) in [4.78, 5) is 25.9. The third kappa shape index (κ3) is 5.39. The lowest BCUT2D eigenvalue weighted by Crippen LogP contribution is -2.43. The molecular formula is C23H20F3NO3S2. The van der Waals surface area contributed by atoms with E-state index in [4.69, 9.17) is 12.2 Å². The Bertz CT molecular complexity index is 1060. The Morgan fingerprint density at radius 1 is 1.19 bits per heavy atom. The van der Waals surface area contributed by atoms with Crippen molar-refractivity contribution in [3.05, 3.63) is 64.6 Å². The molecule has 1 aliphatic rings. The summed E-state index contributed by atoms with van der Waals surface area (Å²) in [5.41, 5.74) is 0.963. The average Bonchev–Trinajstić information content (AvgIpc) is 3.01. The van der Waals surface area contributed by atoms with Crippen LogP contribution in [0.25, 0.3) is 17.2 Å². The summed E-state index contributed by atoms with van der Waals surface area (Å²) in [7, 11) is 0. The molecule has 1 aliphatic heterocycles. The zero-order chi connectivity index (χ0) is 23.5. The van der Waals surface area contributed by atoms with E-state index in [0.717, 1.165) is 35.2 Å². The molecule has 1 heterocycles. The number of rotatable bonds is 7. The molecule has 0 bridgehead atoms. The molecule has 1 amide bonds. The number of benzene rings is 2. The number of carbonyl (C=O) groups excluding carboxylic acids is 1. The Hall–Kier alpha value is -2.65. The number of halogens is 3. The predicted molar refractivity (Wildman–Crippen MR) is 123 cm³/mol. The van der Waals surface area contributed by atoms with E-state index in [0.29, 0.717) is 34.4 Å². The van der Waals surface area contributed by atoms with Gasteiger partial charge >= 0.3 is 12.1 Å². The summed E-state index contributed by atoms with van der Waals surface area (Å²) in [6.45, 7) is 1.94. The maximum Gasteiger partial charge on any atom is 0.416 e. The Labute approximate surface area is 193 Å². The zero-order valence-corrected chi connectivity index (χ0v) is 18.7. The highest BCUT2D eigenvalue weighted by atomic mass is 32.2. The molecule has 0 saturated carbocycles. The summed E-state index contributed by atoms with van der Waals surface area (Å²) >= 11 is 6.30. The Balaban J connectivity index is 1.82. The van der Waals surface area contributed by atoms with Crippen LogP contribution >= 0.6 is 24.0 Å². The average molecular weight is 480 g/mol. The number of thioether (sulfide) groups is 1. The fraction of sp³-hybridized carbons (Fsp3) is 0.261. The van der Waals surface area contributed by atoms with Crippen LogP contribution in [0.1, 0.15) is 37.3 Å². The SMILES string of the molecule is CCCCC(C(=O)O)N1C(=O)C(=Cc2ccc(-c3cccc(C(F)(F)F)c3)cc2)SC1=S. The number of thiocarbonyl (C=S) groups is 1. The van der Waals surface area contributed by atoms with E-state index in [1.54, 1.807) is 36.4 Å². The molecule has 1 unspecified atom stereocenters. The van der Waals surface area contributed by atoms with Crippen LogP contribution in [-0.4, -0.2) is 32.2 Å². The minimum atomic E-state index is -4.42. The number of carboxylic acid groups (broad SMARTS) is 1. The number of aliphatic carboxylic acids is 1. The normalized spacial score (nSPS) is 16.6. The van der Waals surface area contributed by atoms with Gasteiger partial charge in [-0.2, -0.15) is 13.2 Å². The first-order valence-corrected chi connectivity index (χ1v) is 11.1. The van der Waals surface area contributed by atoms with E-state index in [9.17, 15) is 27.9 Å². The van der Waals surface area contributed by atoms with Crippen LogP contribution in [0.15, 0.2) is 53.4 Å².